The maximum atomic E-state index is 12.6. The predicted octanol–water partition coefficient (Wildman–Crippen LogP) is 3.71. The molecule has 3 aromatic rings. The fraction of sp³-hybridized carbons (Fsp3) is 0.167. The van der Waals surface area contributed by atoms with E-state index in [9.17, 15) is 9.59 Å². The van der Waals surface area contributed by atoms with Crippen molar-refractivity contribution in [2.45, 2.75) is 20.8 Å². The first-order chi connectivity index (χ1) is 11.8. The van der Waals surface area contributed by atoms with Crippen LogP contribution in [0, 0.1) is 13.8 Å². The molecular formula is C18H18N4O2S. The molecule has 128 valence electrons. The SMILES string of the molecule is CC(=O)Nc1ccc(NC(=O)c2sc3nc(C)cc(C)c3c2N)cc1. The van der Waals surface area contributed by atoms with Gasteiger partial charge in [0.05, 0.1) is 5.69 Å². The number of carbonyl (C=O) groups excluding carboxylic acids is 2. The summed E-state index contributed by atoms with van der Waals surface area (Å²) in [7, 11) is 0. The summed E-state index contributed by atoms with van der Waals surface area (Å²) in [5.74, 6) is -0.419. The van der Waals surface area contributed by atoms with E-state index in [1.165, 1.54) is 18.3 Å². The molecule has 0 radical (unpaired) electrons. The zero-order chi connectivity index (χ0) is 18.1. The zero-order valence-corrected chi connectivity index (χ0v) is 15.0. The van der Waals surface area contributed by atoms with Gasteiger partial charge in [-0.05, 0) is 49.7 Å². The lowest BCUT2D eigenvalue weighted by Crippen LogP contribution is -2.12. The Bertz CT molecular complexity index is 977. The molecule has 7 heteroatoms. The fourth-order valence-electron chi connectivity index (χ4n) is 2.67. The van der Waals surface area contributed by atoms with Gasteiger partial charge in [-0.15, -0.1) is 11.3 Å². The summed E-state index contributed by atoms with van der Waals surface area (Å²) in [4.78, 5) is 29.3. The Hall–Kier alpha value is -2.93. The van der Waals surface area contributed by atoms with Crippen LogP contribution in [-0.4, -0.2) is 16.8 Å². The van der Waals surface area contributed by atoms with Gasteiger partial charge in [0, 0.05) is 29.4 Å². The molecule has 2 amide bonds. The first-order valence-corrected chi connectivity index (χ1v) is 8.52. The van der Waals surface area contributed by atoms with E-state index in [2.05, 4.69) is 15.6 Å². The first kappa shape index (κ1) is 16.9. The number of nitrogen functional groups attached to an aromatic ring is 1. The zero-order valence-electron chi connectivity index (χ0n) is 14.1. The number of amides is 2. The summed E-state index contributed by atoms with van der Waals surface area (Å²) >= 11 is 1.29. The van der Waals surface area contributed by atoms with Crippen molar-refractivity contribution < 1.29 is 9.59 Å². The Morgan fingerprint density at radius 1 is 1.08 bits per heavy atom. The predicted molar refractivity (Wildman–Crippen MR) is 102 cm³/mol. The molecule has 3 rings (SSSR count). The number of pyridine rings is 1. The second kappa shape index (κ2) is 6.52. The Labute approximate surface area is 149 Å². The second-order valence-electron chi connectivity index (χ2n) is 5.82. The highest BCUT2D eigenvalue weighted by Gasteiger charge is 2.19. The third-order valence-corrected chi connectivity index (χ3v) is 4.79. The van der Waals surface area contributed by atoms with Crippen molar-refractivity contribution in [3.63, 3.8) is 0 Å². The Morgan fingerprint density at radius 3 is 2.28 bits per heavy atom. The summed E-state index contributed by atoms with van der Waals surface area (Å²) in [6, 6.07) is 8.84. The molecule has 0 fully saturated rings. The Kier molecular flexibility index (Phi) is 4.41. The van der Waals surface area contributed by atoms with Gasteiger partial charge >= 0.3 is 0 Å². The molecule has 4 N–H and O–H groups in total. The number of carbonyl (C=O) groups is 2. The molecule has 0 saturated carbocycles. The molecule has 25 heavy (non-hydrogen) atoms. The van der Waals surface area contributed by atoms with Crippen LogP contribution in [0.25, 0.3) is 10.2 Å². The molecule has 0 spiro atoms. The molecule has 1 aromatic carbocycles. The number of nitrogens with two attached hydrogens (primary N) is 1. The smallest absolute Gasteiger partial charge is 0.267 e. The average Bonchev–Trinajstić information content (AvgIpc) is 2.85. The van der Waals surface area contributed by atoms with E-state index in [1.807, 2.05) is 19.9 Å². The minimum Gasteiger partial charge on any atom is -0.397 e. The Balaban J connectivity index is 1.86. The van der Waals surface area contributed by atoms with Crippen molar-refractivity contribution in [2.24, 2.45) is 0 Å². The number of hydrogen-bond donors (Lipinski definition) is 3. The van der Waals surface area contributed by atoms with E-state index in [0.717, 1.165) is 21.5 Å². The summed E-state index contributed by atoms with van der Waals surface area (Å²) in [6.45, 7) is 5.32. The van der Waals surface area contributed by atoms with E-state index in [-0.39, 0.29) is 11.8 Å². The number of benzene rings is 1. The third kappa shape index (κ3) is 3.46. The minimum atomic E-state index is -0.273. The van der Waals surface area contributed by atoms with Gasteiger partial charge in [0.15, 0.2) is 0 Å². The van der Waals surface area contributed by atoms with Gasteiger partial charge in [0.25, 0.3) is 5.91 Å². The summed E-state index contributed by atoms with van der Waals surface area (Å²) in [5, 5.41) is 6.34. The van der Waals surface area contributed by atoms with E-state index in [0.29, 0.717) is 21.9 Å². The monoisotopic (exact) mass is 354 g/mol. The highest BCUT2D eigenvalue weighted by Crippen LogP contribution is 2.35. The van der Waals surface area contributed by atoms with Crippen LogP contribution in [0.1, 0.15) is 27.9 Å². The molecule has 0 atom stereocenters. The van der Waals surface area contributed by atoms with Crippen LogP contribution >= 0.6 is 11.3 Å². The normalized spacial score (nSPS) is 10.7. The topological polar surface area (TPSA) is 97.1 Å². The van der Waals surface area contributed by atoms with Gasteiger partial charge in [-0.1, -0.05) is 0 Å². The van der Waals surface area contributed by atoms with Crippen LogP contribution in [0.15, 0.2) is 30.3 Å². The molecule has 0 unspecified atom stereocenters. The molecule has 6 nitrogen and oxygen atoms in total. The highest BCUT2D eigenvalue weighted by molar-refractivity contribution is 7.21. The maximum absolute atomic E-state index is 12.6. The first-order valence-electron chi connectivity index (χ1n) is 7.70. The van der Waals surface area contributed by atoms with Crippen molar-refractivity contribution in [1.29, 1.82) is 0 Å². The summed E-state index contributed by atoms with van der Waals surface area (Å²) in [5.41, 5.74) is 9.84. The number of nitrogens with zero attached hydrogens (tertiary/aromatic N) is 1. The largest absolute Gasteiger partial charge is 0.397 e. The van der Waals surface area contributed by atoms with Crippen molar-refractivity contribution >= 4 is 50.4 Å². The van der Waals surface area contributed by atoms with E-state index < -0.39 is 0 Å². The maximum Gasteiger partial charge on any atom is 0.267 e. The average molecular weight is 354 g/mol. The van der Waals surface area contributed by atoms with Crippen LogP contribution in [0.4, 0.5) is 17.1 Å². The van der Waals surface area contributed by atoms with Crippen LogP contribution in [0.5, 0.6) is 0 Å². The lowest BCUT2D eigenvalue weighted by atomic mass is 10.1. The third-order valence-electron chi connectivity index (χ3n) is 3.69. The molecular weight excluding hydrogens is 336 g/mol. The molecule has 0 aliphatic heterocycles. The molecule has 2 heterocycles. The molecule has 2 aromatic heterocycles. The number of aryl methyl sites for hydroxylation is 2. The number of hydrogen-bond acceptors (Lipinski definition) is 5. The van der Waals surface area contributed by atoms with Gasteiger partial charge in [0.2, 0.25) is 5.91 Å². The van der Waals surface area contributed by atoms with Crippen molar-refractivity contribution in [3.8, 4) is 0 Å². The molecule has 0 aliphatic carbocycles. The van der Waals surface area contributed by atoms with E-state index >= 15 is 0 Å². The van der Waals surface area contributed by atoms with Crippen molar-refractivity contribution in [1.82, 2.24) is 4.98 Å². The number of rotatable bonds is 3. The standard InChI is InChI=1S/C18H18N4O2S/c1-9-8-10(2)20-18-14(9)15(19)16(25-18)17(24)22-13-6-4-12(5-7-13)21-11(3)23/h4-8H,19H2,1-3H3,(H,21,23)(H,22,24). The Morgan fingerprint density at radius 2 is 1.68 bits per heavy atom. The number of aromatic nitrogens is 1. The van der Waals surface area contributed by atoms with Gasteiger partial charge in [-0.25, -0.2) is 4.98 Å². The van der Waals surface area contributed by atoms with Gasteiger partial charge in [-0.3, -0.25) is 9.59 Å². The highest BCUT2D eigenvalue weighted by atomic mass is 32.1. The van der Waals surface area contributed by atoms with Gasteiger partial charge in [0.1, 0.15) is 9.71 Å². The van der Waals surface area contributed by atoms with Crippen molar-refractivity contribution in [2.75, 3.05) is 16.4 Å². The van der Waals surface area contributed by atoms with Crippen LogP contribution in [-0.2, 0) is 4.79 Å². The number of thiophene rings is 1. The van der Waals surface area contributed by atoms with Gasteiger partial charge < -0.3 is 16.4 Å². The number of anilines is 3. The quantitative estimate of drug-likeness (QED) is 0.668. The number of fused-ring (bicyclic) bond motifs is 1. The van der Waals surface area contributed by atoms with E-state index in [1.54, 1.807) is 24.3 Å². The molecule has 0 aliphatic rings. The molecule has 0 bridgehead atoms. The number of nitrogens with one attached hydrogen (secondary N) is 2. The van der Waals surface area contributed by atoms with Gasteiger partial charge in [-0.2, -0.15) is 0 Å². The van der Waals surface area contributed by atoms with Crippen LogP contribution in [0.2, 0.25) is 0 Å². The van der Waals surface area contributed by atoms with Crippen LogP contribution < -0.4 is 16.4 Å². The lowest BCUT2D eigenvalue weighted by molar-refractivity contribution is -0.114. The molecule has 0 saturated heterocycles. The summed E-state index contributed by atoms with van der Waals surface area (Å²) in [6.07, 6.45) is 0. The second-order valence-corrected chi connectivity index (χ2v) is 6.82. The fourth-order valence-corrected chi connectivity index (χ4v) is 3.78. The summed E-state index contributed by atoms with van der Waals surface area (Å²) < 4.78 is 0. The lowest BCUT2D eigenvalue weighted by Gasteiger charge is -2.06. The van der Waals surface area contributed by atoms with Crippen molar-refractivity contribution in [3.05, 3.63) is 46.5 Å². The van der Waals surface area contributed by atoms with Crippen LogP contribution in [0.3, 0.4) is 0 Å². The minimum absolute atomic E-state index is 0.145. The van der Waals surface area contributed by atoms with E-state index in [4.69, 9.17) is 5.73 Å².